The molecular weight excluding hydrogens is 627 g/mol. The molecule has 3 rings (SSSR count). The van der Waals surface area contributed by atoms with Crippen molar-refractivity contribution in [3.05, 3.63) is 0 Å². The molecule has 3 heterocycles. The topological polar surface area (TPSA) is 264 Å². The highest BCUT2D eigenvalue weighted by atomic mass is 19.1. The van der Waals surface area contributed by atoms with Crippen molar-refractivity contribution >= 4 is 5.97 Å². The van der Waals surface area contributed by atoms with Crippen molar-refractivity contribution in [2.24, 2.45) is 0 Å². The Hall–Kier alpha value is -1.20. The van der Waals surface area contributed by atoms with E-state index in [4.69, 9.17) is 28.4 Å². The molecule has 0 aromatic rings. The van der Waals surface area contributed by atoms with Gasteiger partial charge in [-0.2, -0.15) is 0 Å². The average molecular weight is 677 g/mol. The number of methoxy groups -OCH3 is 1. The SMILES string of the molecule is COC(=O)CCCCCCCCO[C@H]1O[C@H](CO)[C@@H](O)[C@H](O[C@H]2O[C@H](CO)[C@@H](O)[C@H](O)[C@H]2O[C@H]2O[C@H](CO)[C@@H](O)[C@H](O)[C@H]2F)[C@H]1O. The molecule has 0 saturated carbocycles. The molecule has 0 radical (unpaired) electrons. The molecule has 0 aliphatic carbocycles. The van der Waals surface area contributed by atoms with Gasteiger partial charge in [0.05, 0.1) is 26.9 Å². The lowest BCUT2D eigenvalue weighted by atomic mass is 9.96. The number of hydrogen-bond donors (Lipinski definition) is 9. The van der Waals surface area contributed by atoms with Crippen molar-refractivity contribution in [3.8, 4) is 0 Å². The van der Waals surface area contributed by atoms with Crippen LogP contribution in [0.5, 0.6) is 0 Å². The summed E-state index contributed by atoms with van der Waals surface area (Å²) >= 11 is 0. The zero-order valence-electron chi connectivity index (χ0n) is 25.6. The van der Waals surface area contributed by atoms with E-state index in [-0.39, 0.29) is 12.6 Å². The van der Waals surface area contributed by atoms with Crippen molar-refractivity contribution in [2.75, 3.05) is 33.5 Å². The number of rotatable bonds is 17. The highest BCUT2D eigenvalue weighted by molar-refractivity contribution is 5.68. The van der Waals surface area contributed by atoms with E-state index in [0.717, 1.165) is 32.1 Å². The molecule has 3 aliphatic rings. The van der Waals surface area contributed by atoms with E-state index in [1.54, 1.807) is 0 Å². The molecule has 3 fully saturated rings. The van der Waals surface area contributed by atoms with Crippen LogP contribution in [0, 0.1) is 0 Å². The quantitative estimate of drug-likeness (QED) is 0.0531. The Morgan fingerprint density at radius 3 is 1.72 bits per heavy atom. The van der Waals surface area contributed by atoms with Gasteiger partial charge in [-0.3, -0.25) is 4.79 Å². The fourth-order valence-electron chi connectivity index (χ4n) is 5.51. The molecule has 270 valence electrons. The lowest BCUT2D eigenvalue weighted by Gasteiger charge is -2.48. The zero-order valence-corrected chi connectivity index (χ0v) is 25.6. The van der Waals surface area contributed by atoms with Crippen LogP contribution in [0.15, 0.2) is 0 Å². The van der Waals surface area contributed by atoms with Crippen LogP contribution in [0.3, 0.4) is 0 Å². The molecule has 0 unspecified atom stereocenters. The summed E-state index contributed by atoms with van der Waals surface area (Å²) in [5, 5.41) is 92.1. The number of aliphatic hydroxyl groups excluding tert-OH is 9. The minimum absolute atomic E-state index is 0.130. The lowest BCUT2D eigenvalue weighted by molar-refractivity contribution is -0.386. The first-order valence-electron chi connectivity index (χ1n) is 15.5. The zero-order chi connectivity index (χ0) is 34.0. The summed E-state index contributed by atoms with van der Waals surface area (Å²) in [5.41, 5.74) is 0. The van der Waals surface area contributed by atoms with Gasteiger partial charge >= 0.3 is 5.97 Å². The van der Waals surface area contributed by atoms with Gasteiger partial charge in [0.15, 0.2) is 25.0 Å². The largest absolute Gasteiger partial charge is 0.469 e. The second kappa shape index (κ2) is 19.1. The Morgan fingerprint density at radius 1 is 0.609 bits per heavy atom. The smallest absolute Gasteiger partial charge is 0.305 e. The van der Waals surface area contributed by atoms with E-state index in [1.165, 1.54) is 7.11 Å². The van der Waals surface area contributed by atoms with E-state index < -0.39 is 112 Å². The molecule has 3 saturated heterocycles. The number of aliphatic hydroxyl groups is 9. The van der Waals surface area contributed by atoms with Gasteiger partial charge in [0.2, 0.25) is 0 Å². The van der Waals surface area contributed by atoms with Crippen LogP contribution in [0.1, 0.15) is 44.9 Å². The highest BCUT2D eigenvalue weighted by Gasteiger charge is 2.54. The molecule has 46 heavy (non-hydrogen) atoms. The van der Waals surface area contributed by atoms with Gasteiger partial charge < -0.3 is 79.1 Å². The van der Waals surface area contributed by atoms with Crippen molar-refractivity contribution < 1.29 is 88.3 Å². The molecule has 17 nitrogen and oxygen atoms in total. The van der Waals surface area contributed by atoms with Crippen LogP contribution in [0.25, 0.3) is 0 Å². The summed E-state index contributed by atoms with van der Waals surface area (Å²) in [5.74, 6) is -0.253. The Bertz CT molecular complexity index is 887. The third kappa shape index (κ3) is 9.93. The maximum Gasteiger partial charge on any atom is 0.305 e. The van der Waals surface area contributed by atoms with E-state index in [0.29, 0.717) is 12.8 Å². The fraction of sp³-hybridized carbons (Fsp3) is 0.964. The number of hydrogen-bond acceptors (Lipinski definition) is 17. The Kier molecular flexibility index (Phi) is 16.3. The fourth-order valence-corrected chi connectivity index (χ4v) is 5.51. The van der Waals surface area contributed by atoms with Crippen molar-refractivity contribution in [1.82, 2.24) is 0 Å². The Balaban J connectivity index is 1.64. The van der Waals surface area contributed by atoms with Gasteiger partial charge in [0.1, 0.15) is 67.1 Å². The monoisotopic (exact) mass is 676 g/mol. The van der Waals surface area contributed by atoms with E-state index in [2.05, 4.69) is 4.74 Å². The third-order valence-corrected chi connectivity index (χ3v) is 8.32. The van der Waals surface area contributed by atoms with Gasteiger partial charge in [-0.15, -0.1) is 0 Å². The molecule has 0 amide bonds. The first-order chi connectivity index (χ1) is 22.0. The second-order valence-corrected chi connectivity index (χ2v) is 11.6. The Labute approximate surface area is 265 Å². The number of halogens is 1. The number of carbonyl (C=O) groups is 1. The van der Waals surface area contributed by atoms with Gasteiger partial charge in [0, 0.05) is 13.0 Å². The van der Waals surface area contributed by atoms with Crippen molar-refractivity contribution in [3.63, 3.8) is 0 Å². The molecule has 9 N–H and O–H groups in total. The minimum Gasteiger partial charge on any atom is -0.469 e. The summed E-state index contributed by atoms with van der Waals surface area (Å²) in [4.78, 5) is 11.2. The van der Waals surface area contributed by atoms with Crippen LogP contribution < -0.4 is 0 Å². The van der Waals surface area contributed by atoms with Crippen molar-refractivity contribution in [2.45, 2.75) is 137 Å². The third-order valence-electron chi connectivity index (χ3n) is 8.32. The average Bonchev–Trinajstić information content (AvgIpc) is 3.05. The van der Waals surface area contributed by atoms with Gasteiger partial charge in [-0.1, -0.05) is 25.7 Å². The second-order valence-electron chi connectivity index (χ2n) is 11.6. The van der Waals surface area contributed by atoms with Gasteiger partial charge in [0.25, 0.3) is 0 Å². The summed E-state index contributed by atoms with van der Waals surface area (Å²) in [7, 11) is 1.34. The van der Waals surface area contributed by atoms with Crippen molar-refractivity contribution in [1.29, 1.82) is 0 Å². The number of ether oxygens (including phenoxy) is 7. The molecule has 0 aromatic heterocycles. The predicted octanol–water partition coefficient (Wildman–Crippen LogP) is -3.67. The first kappa shape index (κ1) is 39.2. The summed E-state index contributed by atoms with van der Waals surface area (Å²) in [6.07, 6.45) is -21.3. The first-order valence-corrected chi connectivity index (χ1v) is 15.5. The van der Waals surface area contributed by atoms with Crippen LogP contribution in [-0.4, -0.2) is 178 Å². The van der Waals surface area contributed by atoms with E-state index >= 15 is 0 Å². The molecule has 15 atom stereocenters. The van der Waals surface area contributed by atoms with Crippen LogP contribution in [0.4, 0.5) is 4.39 Å². The standard InChI is InChI=1S/C28H49FO17/c1-40-16(33)8-6-4-2-3-5-7-9-41-27-23(39)24(20(36)15(12-32)43-27)45-28-25(22(38)19(35)14(11-31)44-28)46-26-17(29)21(37)18(34)13(10-30)42-26/h13-15,17-28,30-32,34-39H,2-12H2,1H3/t13-,14-,15-,17-,18-,19-,20-,21-,22+,23-,24+,25-,26-,27+,28-/m1/s1. The number of carbonyl (C=O) groups excluding carboxylic acids is 1. The molecule has 0 bridgehead atoms. The minimum atomic E-state index is -2.39. The van der Waals surface area contributed by atoms with Gasteiger partial charge in [-0.05, 0) is 12.8 Å². The molecular formula is C28H49FO17. The number of esters is 1. The molecule has 18 heteroatoms. The predicted molar refractivity (Wildman–Crippen MR) is 148 cm³/mol. The number of unbranched alkanes of at least 4 members (excludes halogenated alkanes) is 5. The van der Waals surface area contributed by atoms with Crippen LogP contribution in [-0.2, 0) is 38.0 Å². The summed E-state index contributed by atoms with van der Waals surface area (Å²) in [6.45, 7) is -2.23. The molecule has 0 spiro atoms. The van der Waals surface area contributed by atoms with E-state index in [9.17, 15) is 55.1 Å². The normalized spacial score (nSPS) is 41.8. The van der Waals surface area contributed by atoms with Gasteiger partial charge in [-0.25, -0.2) is 4.39 Å². The van der Waals surface area contributed by atoms with Crippen LogP contribution >= 0.6 is 0 Å². The molecule has 0 aromatic carbocycles. The van der Waals surface area contributed by atoms with E-state index in [1.807, 2.05) is 0 Å². The summed E-state index contributed by atoms with van der Waals surface area (Å²) < 4.78 is 52.8. The maximum atomic E-state index is 14.9. The highest BCUT2D eigenvalue weighted by Crippen LogP contribution is 2.33. The summed E-state index contributed by atoms with van der Waals surface area (Å²) in [6, 6.07) is 0. The molecule has 3 aliphatic heterocycles. The van der Waals surface area contributed by atoms with Crippen LogP contribution in [0.2, 0.25) is 0 Å². The Morgan fingerprint density at radius 2 is 1.11 bits per heavy atom. The maximum absolute atomic E-state index is 14.9. The lowest BCUT2D eigenvalue weighted by Crippen LogP contribution is -2.66. The number of alkyl halides is 1.